The van der Waals surface area contributed by atoms with Gasteiger partial charge < -0.3 is 14.4 Å². The van der Waals surface area contributed by atoms with Crippen molar-refractivity contribution in [2.45, 2.75) is 19.9 Å². The Balaban J connectivity index is 2.69. The maximum absolute atomic E-state index is 10.7. The van der Waals surface area contributed by atoms with Crippen LogP contribution in [0.4, 0.5) is 0 Å². The largest absolute Gasteiger partial charge is 0.497 e. The Morgan fingerprint density at radius 1 is 1.50 bits per heavy atom. The number of nitrogens with zero attached hydrogens (tertiary/aromatic N) is 1. The summed E-state index contributed by atoms with van der Waals surface area (Å²) in [6, 6.07) is 5.68. The summed E-state index contributed by atoms with van der Waals surface area (Å²) in [5.74, 6) is -0.284. The number of aryl methyl sites for hydroxylation is 1. The number of ether oxygens (including phenoxy) is 1. The first kappa shape index (κ1) is 14.5. The number of halogens is 1. The molecule has 2 aromatic rings. The van der Waals surface area contributed by atoms with E-state index in [-0.39, 0.29) is 0 Å². The third-order valence-corrected chi connectivity index (χ3v) is 3.49. The highest BCUT2D eigenvalue weighted by Crippen LogP contribution is 2.33. The molecule has 0 aliphatic heterocycles. The van der Waals surface area contributed by atoms with Gasteiger partial charge in [0.05, 0.1) is 12.6 Å². The van der Waals surface area contributed by atoms with Gasteiger partial charge in [0.25, 0.3) is 0 Å². The molecule has 0 saturated heterocycles. The van der Waals surface area contributed by atoms with E-state index in [9.17, 15) is 4.79 Å². The number of aromatic nitrogens is 1. The highest BCUT2D eigenvalue weighted by atomic mass is 35.5. The van der Waals surface area contributed by atoms with E-state index in [0.29, 0.717) is 16.5 Å². The number of carboxylic acids is 1. The van der Waals surface area contributed by atoms with Crippen LogP contribution in [0.2, 0.25) is 5.15 Å². The molecule has 0 amide bonds. The minimum absolute atomic E-state index is 0.549. The van der Waals surface area contributed by atoms with Gasteiger partial charge in [-0.25, -0.2) is 4.79 Å². The van der Waals surface area contributed by atoms with Crippen molar-refractivity contribution < 1.29 is 14.6 Å². The predicted molar refractivity (Wildman–Crippen MR) is 80.5 cm³/mol. The van der Waals surface area contributed by atoms with Crippen LogP contribution >= 0.6 is 11.6 Å². The van der Waals surface area contributed by atoms with E-state index in [4.69, 9.17) is 21.4 Å². The molecule has 0 radical (unpaired) electrons. The molecule has 20 heavy (non-hydrogen) atoms. The van der Waals surface area contributed by atoms with Gasteiger partial charge >= 0.3 is 5.97 Å². The number of benzene rings is 1. The maximum atomic E-state index is 10.7. The number of hydrogen-bond donors (Lipinski definition) is 1. The lowest BCUT2D eigenvalue weighted by atomic mass is 10.1. The van der Waals surface area contributed by atoms with Crippen molar-refractivity contribution in [3.63, 3.8) is 0 Å². The van der Waals surface area contributed by atoms with Crippen molar-refractivity contribution in [1.29, 1.82) is 0 Å². The number of carbonyl (C=O) groups is 1. The first-order chi connectivity index (χ1) is 9.58. The van der Waals surface area contributed by atoms with Gasteiger partial charge in [0.15, 0.2) is 0 Å². The fourth-order valence-electron chi connectivity index (χ4n) is 2.21. The van der Waals surface area contributed by atoms with Gasteiger partial charge in [-0.05, 0) is 30.7 Å². The first-order valence-electron chi connectivity index (χ1n) is 6.35. The Morgan fingerprint density at radius 2 is 2.25 bits per heavy atom. The minimum Gasteiger partial charge on any atom is -0.497 e. The van der Waals surface area contributed by atoms with Gasteiger partial charge in [-0.2, -0.15) is 0 Å². The molecule has 0 unspecified atom stereocenters. The maximum Gasteiger partial charge on any atom is 0.328 e. The Hall–Kier alpha value is -1.94. The van der Waals surface area contributed by atoms with Crippen LogP contribution in [0.3, 0.4) is 0 Å². The van der Waals surface area contributed by atoms with Crippen molar-refractivity contribution in [3.8, 4) is 5.75 Å². The van der Waals surface area contributed by atoms with Gasteiger partial charge in [0.2, 0.25) is 0 Å². The molecule has 1 aromatic carbocycles. The van der Waals surface area contributed by atoms with E-state index in [1.165, 1.54) is 6.08 Å². The van der Waals surface area contributed by atoms with Crippen LogP contribution in [0.1, 0.15) is 18.9 Å². The fraction of sp³-hybridized carbons (Fsp3) is 0.267. The third-order valence-electron chi connectivity index (χ3n) is 3.08. The number of aliphatic carboxylic acids is 1. The van der Waals surface area contributed by atoms with E-state index in [1.54, 1.807) is 7.11 Å². The molecule has 4 nitrogen and oxygen atoms in total. The Kier molecular flexibility index (Phi) is 4.35. The molecule has 0 fully saturated rings. The molecule has 1 aromatic heterocycles. The highest BCUT2D eigenvalue weighted by Gasteiger charge is 2.14. The molecule has 0 atom stereocenters. The lowest BCUT2D eigenvalue weighted by Gasteiger charge is -2.05. The van der Waals surface area contributed by atoms with Crippen LogP contribution in [-0.2, 0) is 11.3 Å². The molecule has 0 saturated carbocycles. The quantitative estimate of drug-likeness (QED) is 0.853. The second-order valence-electron chi connectivity index (χ2n) is 4.41. The van der Waals surface area contributed by atoms with E-state index in [2.05, 4.69) is 6.92 Å². The van der Waals surface area contributed by atoms with Gasteiger partial charge in [-0.15, -0.1) is 0 Å². The summed E-state index contributed by atoms with van der Waals surface area (Å²) < 4.78 is 7.20. The summed E-state index contributed by atoms with van der Waals surface area (Å²) in [7, 11) is 1.60. The average Bonchev–Trinajstić information content (AvgIpc) is 2.69. The smallest absolute Gasteiger partial charge is 0.328 e. The molecule has 106 valence electrons. The molecule has 0 bridgehead atoms. The zero-order valence-electron chi connectivity index (χ0n) is 11.4. The number of rotatable bonds is 5. The number of methoxy groups -OCH3 is 1. The minimum atomic E-state index is -1.000. The molecular formula is C15H16ClNO3. The lowest BCUT2D eigenvalue weighted by molar-refractivity contribution is -0.131. The zero-order valence-corrected chi connectivity index (χ0v) is 12.1. The van der Waals surface area contributed by atoms with Crippen molar-refractivity contribution in [2.75, 3.05) is 7.11 Å². The summed E-state index contributed by atoms with van der Waals surface area (Å²) in [4.78, 5) is 10.7. The summed E-state index contributed by atoms with van der Waals surface area (Å²) >= 11 is 6.39. The number of carboxylic acid groups (broad SMARTS) is 1. The summed E-state index contributed by atoms with van der Waals surface area (Å²) in [6.45, 7) is 2.85. The molecule has 0 aliphatic rings. The Bertz CT molecular complexity index is 673. The van der Waals surface area contributed by atoms with Crippen molar-refractivity contribution >= 4 is 34.5 Å². The molecule has 2 rings (SSSR count). The summed E-state index contributed by atoms with van der Waals surface area (Å²) in [6.07, 6.45) is 3.56. The summed E-state index contributed by atoms with van der Waals surface area (Å²) in [5, 5.41) is 10.2. The van der Waals surface area contributed by atoms with Crippen LogP contribution in [0, 0.1) is 0 Å². The van der Waals surface area contributed by atoms with Gasteiger partial charge in [-0.3, -0.25) is 0 Å². The van der Waals surface area contributed by atoms with Crippen LogP contribution in [-0.4, -0.2) is 22.8 Å². The topological polar surface area (TPSA) is 51.5 Å². The van der Waals surface area contributed by atoms with Crippen LogP contribution in [0.15, 0.2) is 24.3 Å². The van der Waals surface area contributed by atoms with Crippen LogP contribution < -0.4 is 4.74 Å². The molecule has 1 heterocycles. The standard InChI is InChI=1S/C15H16ClNO3/c1-3-8-17-13-6-4-10(20-2)9-12(13)11(15(17)16)5-7-14(18)19/h4-7,9H,3,8H2,1-2H3,(H,18,19)/b7-5+. The highest BCUT2D eigenvalue weighted by molar-refractivity contribution is 6.33. The fourth-order valence-corrected chi connectivity index (χ4v) is 2.55. The number of hydrogen-bond acceptors (Lipinski definition) is 2. The van der Waals surface area contributed by atoms with Gasteiger partial charge in [0.1, 0.15) is 10.9 Å². The SMILES string of the molecule is CCCn1c(Cl)c(/C=C/C(=O)O)c2cc(OC)ccc21. The van der Waals surface area contributed by atoms with E-state index < -0.39 is 5.97 Å². The van der Waals surface area contributed by atoms with Crippen LogP contribution in [0.5, 0.6) is 5.75 Å². The van der Waals surface area contributed by atoms with Crippen LogP contribution in [0.25, 0.3) is 17.0 Å². The molecule has 5 heteroatoms. The van der Waals surface area contributed by atoms with Crippen molar-refractivity contribution in [3.05, 3.63) is 35.0 Å². The van der Waals surface area contributed by atoms with E-state index in [1.807, 2.05) is 22.8 Å². The summed E-state index contributed by atoms with van der Waals surface area (Å²) in [5.41, 5.74) is 1.68. The molecule has 0 aliphatic carbocycles. The van der Waals surface area contributed by atoms with E-state index in [0.717, 1.165) is 29.9 Å². The second kappa shape index (κ2) is 6.01. The third kappa shape index (κ3) is 2.65. The first-order valence-corrected chi connectivity index (χ1v) is 6.73. The molecule has 1 N–H and O–H groups in total. The van der Waals surface area contributed by atoms with Gasteiger partial charge in [-0.1, -0.05) is 18.5 Å². The van der Waals surface area contributed by atoms with Gasteiger partial charge in [0, 0.05) is 23.6 Å². The molecule has 0 spiro atoms. The normalized spacial score (nSPS) is 11.3. The van der Waals surface area contributed by atoms with Crippen molar-refractivity contribution in [2.24, 2.45) is 0 Å². The van der Waals surface area contributed by atoms with E-state index >= 15 is 0 Å². The monoisotopic (exact) mass is 293 g/mol. The number of fused-ring (bicyclic) bond motifs is 1. The predicted octanol–water partition coefficient (Wildman–Crippen LogP) is 3.81. The second-order valence-corrected chi connectivity index (χ2v) is 4.77. The Labute approximate surface area is 122 Å². The average molecular weight is 294 g/mol. The Morgan fingerprint density at radius 3 is 2.85 bits per heavy atom. The molecular weight excluding hydrogens is 278 g/mol. The zero-order chi connectivity index (χ0) is 14.7. The lowest BCUT2D eigenvalue weighted by Crippen LogP contribution is -1.96. The van der Waals surface area contributed by atoms with Crippen molar-refractivity contribution in [1.82, 2.24) is 4.57 Å².